The number of furan rings is 1. The zero-order valence-electron chi connectivity index (χ0n) is 8.18. The second-order valence-corrected chi connectivity index (χ2v) is 6.03. The van der Waals surface area contributed by atoms with Crippen LogP contribution in [-0.4, -0.2) is 17.5 Å². The van der Waals surface area contributed by atoms with Crippen LogP contribution in [0.1, 0.15) is 18.6 Å². The summed E-state index contributed by atoms with van der Waals surface area (Å²) in [5, 5.41) is 3.45. The van der Waals surface area contributed by atoms with Crippen LogP contribution >= 0.6 is 34.4 Å². The first kappa shape index (κ1) is 10.8. The van der Waals surface area contributed by atoms with Crippen molar-refractivity contribution in [2.45, 2.75) is 24.1 Å². The van der Waals surface area contributed by atoms with E-state index in [1.807, 2.05) is 23.9 Å². The molecule has 1 aliphatic rings. The normalized spacial score (nSPS) is 18.4. The molecule has 1 aromatic rings. The SMILES string of the molecule is CSC1(CNCc2ccc(I)o2)CC1. The van der Waals surface area contributed by atoms with Crippen molar-refractivity contribution < 1.29 is 4.42 Å². The summed E-state index contributed by atoms with van der Waals surface area (Å²) in [6, 6.07) is 4.03. The lowest BCUT2D eigenvalue weighted by atomic mass is 10.4. The Morgan fingerprint density at radius 1 is 1.57 bits per heavy atom. The van der Waals surface area contributed by atoms with Gasteiger partial charge >= 0.3 is 0 Å². The summed E-state index contributed by atoms with van der Waals surface area (Å²) >= 11 is 4.17. The van der Waals surface area contributed by atoms with Crippen molar-refractivity contribution in [1.82, 2.24) is 5.32 Å². The van der Waals surface area contributed by atoms with Crippen molar-refractivity contribution in [1.29, 1.82) is 0 Å². The fourth-order valence-corrected chi connectivity index (χ4v) is 2.67. The van der Waals surface area contributed by atoms with Crippen LogP contribution in [0.5, 0.6) is 0 Å². The Labute approximate surface area is 102 Å². The van der Waals surface area contributed by atoms with Crippen LogP contribution in [0.2, 0.25) is 0 Å². The number of nitrogens with one attached hydrogen (secondary N) is 1. The minimum atomic E-state index is 0.541. The molecule has 2 rings (SSSR count). The molecule has 1 N–H and O–H groups in total. The third kappa shape index (κ3) is 2.67. The van der Waals surface area contributed by atoms with Crippen molar-refractivity contribution in [3.05, 3.63) is 21.7 Å². The van der Waals surface area contributed by atoms with Gasteiger partial charge in [-0.15, -0.1) is 0 Å². The minimum Gasteiger partial charge on any atom is -0.454 e. The number of thioether (sulfide) groups is 1. The largest absolute Gasteiger partial charge is 0.454 e. The van der Waals surface area contributed by atoms with Gasteiger partial charge in [-0.1, -0.05) is 0 Å². The lowest BCUT2D eigenvalue weighted by molar-refractivity contribution is 0.462. The topological polar surface area (TPSA) is 25.2 Å². The van der Waals surface area contributed by atoms with Crippen molar-refractivity contribution in [2.75, 3.05) is 12.8 Å². The van der Waals surface area contributed by atoms with Crippen LogP contribution in [0.4, 0.5) is 0 Å². The highest BCUT2D eigenvalue weighted by Gasteiger charge is 2.41. The molecule has 2 nitrogen and oxygen atoms in total. The molecule has 0 bridgehead atoms. The fourth-order valence-electron chi connectivity index (χ4n) is 1.45. The summed E-state index contributed by atoms with van der Waals surface area (Å²) in [5.41, 5.74) is 0. The van der Waals surface area contributed by atoms with Gasteiger partial charge in [-0.05, 0) is 53.8 Å². The van der Waals surface area contributed by atoms with Gasteiger partial charge in [0.25, 0.3) is 0 Å². The molecule has 0 saturated heterocycles. The molecule has 78 valence electrons. The molecule has 0 atom stereocenters. The van der Waals surface area contributed by atoms with Crippen LogP contribution in [0.3, 0.4) is 0 Å². The van der Waals surface area contributed by atoms with E-state index in [0.717, 1.165) is 22.6 Å². The van der Waals surface area contributed by atoms with E-state index < -0.39 is 0 Å². The Morgan fingerprint density at radius 2 is 2.36 bits per heavy atom. The molecule has 0 unspecified atom stereocenters. The summed E-state index contributed by atoms with van der Waals surface area (Å²) in [5.74, 6) is 1.03. The van der Waals surface area contributed by atoms with E-state index in [9.17, 15) is 0 Å². The summed E-state index contributed by atoms with van der Waals surface area (Å²) in [4.78, 5) is 0. The van der Waals surface area contributed by atoms with Gasteiger partial charge in [0, 0.05) is 11.3 Å². The van der Waals surface area contributed by atoms with Crippen LogP contribution in [-0.2, 0) is 6.54 Å². The van der Waals surface area contributed by atoms with Gasteiger partial charge in [0.05, 0.1) is 6.54 Å². The average molecular weight is 323 g/mol. The maximum atomic E-state index is 5.47. The second kappa shape index (κ2) is 4.45. The third-order valence-corrected chi connectivity index (χ3v) is 4.61. The lowest BCUT2D eigenvalue weighted by Crippen LogP contribution is -2.25. The van der Waals surface area contributed by atoms with Crippen molar-refractivity contribution >= 4 is 34.4 Å². The maximum Gasteiger partial charge on any atom is 0.164 e. The van der Waals surface area contributed by atoms with Gasteiger partial charge in [-0.2, -0.15) is 11.8 Å². The van der Waals surface area contributed by atoms with Crippen molar-refractivity contribution in [2.24, 2.45) is 0 Å². The molecule has 0 radical (unpaired) electrons. The second-order valence-electron chi connectivity index (χ2n) is 3.70. The highest BCUT2D eigenvalue weighted by atomic mass is 127. The average Bonchev–Trinajstić information content (AvgIpc) is 2.84. The Hall–Kier alpha value is 0.320. The number of rotatable bonds is 5. The van der Waals surface area contributed by atoms with Gasteiger partial charge < -0.3 is 9.73 Å². The molecule has 0 aliphatic heterocycles. The van der Waals surface area contributed by atoms with E-state index in [1.54, 1.807) is 0 Å². The van der Waals surface area contributed by atoms with Gasteiger partial charge in [0.1, 0.15) is 5.76 Å². The van der Waals surface area contributed by atoms with E-state index in [1.165, 1.54) is 12.8 Å². The van der Waals surface area contributed by atoms with Gasteiger partial charge in [0.15, 0.2) is 3.77 Å². The standard InChI is InChI=1S/C10H14INOS/c1-14-10(4-5-10)7-12-6-8-2-3-9(11)13-8/h2-3,12H,4-7H2,1H3. The quantitative estimate of drug-likeness (QED) is 0.844. The number of halogens is 1. The summed E-state index contributed by atoms with van der Waals surface area (Å²) in [6.45, 7) is 1.96. The molecule has 0 amide bonds. The van der Waals surface area contributed by atoms with Gasteiger partial charge in [0.2, 0.25) is 0 Å². The molecular weight excluding hydrogens is 309 g/mol. The Morgan fingerprint density at radius 3 is 2.86 bits per heavy atom. The van der Waals surface area contributed by atoms with Crippen LogP contribution in [0.25, 0.3) is 0 Å². The van der Waals surface area contributed by atoms with Crippen LogP contribution in [0, 0.1) is 3.77 Å². The molecule has 1 aliphatic carbocycles. The first-order chi connectivity index (χ1) is 6.74. The van der Waals surface area contributed by atoms with Crippen molar-refractivity contribution in [3.63, 3.8) is 0 Å². The number of hydrogen-bond acceptors (Lipinski definition) is 3. The van der Waals surface area contributed by atoms with Gasteiger partial charge in [-0.25, -0.2) is 0 Å². The molecule has 1 aromatic heterocycles. The van der Waals surface area contributed by atoms with Crippen LogP contribution in [0.15, 0.2) is 16.5 Å². The summed E-state index contributed by atoms with van der Waals surface area (Å²) < 4.78 is 6.97. The predicted molar refractivity (Wildman–Crippen MR) is 68.6 cm³/mol. The molecule has 1 saturated carbocycles. The fraction of sp³-hybridized carbons (Fsp3) is 0.600. The Kier molecular flexibility index (Phi) is 3.44. The molecule has 1 fully saturated rings. The van der Waals surface area contributed by atoms with Crippen LogP contribution < -0.4 is 5.32 Å². The predicted octanol–water partition coefficient (Wildman–Crippen LogP) is 2.87. The highest BCUT2D eigenvalue weighted by Crippen LogP contribution is 2.46. The van der Waals surface area contributed by atoms with Gasteiger partial charge in [-0.3, -0.25) is 0 Å². The summed E-state index contributed by atoms with van der Waals surface area (Å²) in [7, 11) is 0. The molecule has 0 aromatic carbocycles. The van der Waals surface area contributed by atoms with E-state index >= 15 is 0 Å². The lowest BCUT2D eigenvalue weighted by Gasteiger charge is -2.11. The van der Waals surface area contributed by atoms with E-state index in [2.05, 4.69) is 34.2 Å². The third-order valence-electron chi connectivity index (χ3n) is 2.62. The number of hydrogen-bond donors (Lipinski definition) is 1. The highest BCUT2D eigenvalue weighted by molar-refractivity contribution is 14.1. The van der Waals surface area contributed by atoms with Crippen molar-refractivity contribution in [3.8, 4) is 0 Å². The van der Waals surface area contributed by atoms with E-state index in [-0.39, 0.29) is 0 Å². The maximum absolute atomic E-state index is 5.47. The molecule has 4 heteroatoms. The molecule has 1 heterocycles. The zero-order valence-corrected chi connectivity index (χ0v) is 11.2. The monoisotopic (exact) mass is 323 g/mol. The first-order valence-electron chi connectivity index (χ1n) is 4.74. The molecular formula is C10H14INOS. The smallest absolute Gasteiger partial charge is 0.164 e. The molecule has 0 spiro atoms. The minimum absolute atomic E-state index is 0.541. The summed E-state index contributed by atoms with van der Waals surface area (Å²) in [6.07, 6.45) is 4.91. The van der Waals surface area contributed by atoms with E-state index in [4.69, 9.17) is 4.42 Å². The van der Waals surface area contributed by atoms with E-state index in [0.29, 0.717) is 4.75 Å². The Balaban J connectivity index is 1.73. The molecule has 14 heavy (non-hydrogen) atoms. The zero-order chi connectivity index (χ0) is 10.0. The Bertz CT molecular complexity index is 309. The first-order valence-corrected chi connectivity index (χ1v) is 7.05.